The van der Waals surface area contributed by atoms with Crippen LogP contribution in [0.5, 0.6) is 5.75 Å². The molecule has 0 aliphatic carbocycles. The molecular formula is C16H21NO4. The van der Waals surface area contributed by atoms with Crippen molar-refractivity contribution in [1.29, 1.82) is 0 Å². The second-order valence-electron chi connectivity index (χ2n) is 6.09. The summed E-state index contributed by atoms with van der Waals surface area (Å²) in [7, 11) is 0. The van der Waals surface area contributed by atoms with Gasteiger partial charge in [0.25, 0.3) is 0 Å². The van der Waals surface area contributed by atoms with Gasteiger partial charge in [0.05, 0.1) is 5.56 Å². The highest BCUT2D eigenvalue weighted by Gasteiger charge is 2.21. The minimum Gasteiger partial charge on any atom is -0.456 e. The van der Waals surface area contributed by atoms with Crippen LogP contribution in [0.15, 0.2) is 24.3 Å². The van der Waals surface area contributed by atoms with Gasteiger partial charge in [-0.1, -0.05) is 6.07 Å². The average molecular weight is 291 g/mol. The molecule has 0 saturated carbocycles. The molecule has 1 fully saturated rings. The maximum Gasteiger partial charge on any atom is 0.415 e. The zero-order chi connectivity index (χ0) is 15.5. The van der Waals surface area contributed by atoms with Crippen LogP contribution in [0, 0.1) is 0 Å². The van der Waals surface area contributed by atoms with Crippen LogP contribution in [0.25, 0.3) is 0 Å². The van der Waals surface area contributed by atoms with Crippen LogP contribution < -0.4 is 4.74 Å². The van der Waals surface area contributed by atoms with Crippen molar-refractivity contribution in [2.24, 2.45) is 0 Å². The van der Waals surface area contributed by atoms with Crippen LogP contribution in [0.3, 0.4) is 0 Å². The molecule has 21 heavy (non-hydrogen) atoms. The smallest absolute Gasteiger partial charge is 0.415 e. The van der Waals surface area contributed by atoms with Crippen LogP contribution in [-0.2, 0) is 4.74 Å². The van der Waals surface area contributed by atoms with E-state index in [0.717, 1.165) is 25.9 Å². The molecule has 2 rings (SSSR count). The van der Waals surface area contributed by atoms with Gasteiger partial charge in [-0.3, -0.25) is 0 Å². The van der Waals surface area contributed by atoms with Gasteiger partial charge < -0.3 is 14.4 Å². The van der Waals surface area contributed by atoms with E-state index >= 15 is 0 Å². The number of ether oxygens (including phenoxy) is 2. The number of hydrogen-bond acceptors (Lipinski definition) is 4. The molecule has 0 atom stereocenters. The number of carbonyl (C=O) groups is 2. The fourth-order valence-electron chi connectivity index (χ4n) is 2.09. The lowest BCUT2D eigenvalue weighted by Gasteiger charge is -2.19. The van der Waals surface area contributed by atoms with E-state index in [1.165, 1.54) is 6.07 Å². The molecule has 1 aliphatic heterocycles. The molecule has 5 nitrogen and oxygen atoms in total. The lowest BCUT2D eigenvalue weighted by molar-refractivity contribution is 0.00689. The van der Waals surface area contributed by atoms with Crippen LogP contribution in [0.2, 0.25) is 0 Å². The molecule has 0 N–H and O–H groups in total. The monoisotopic (exact) mass is 291 g/mol. The van der Waals surface area contributed by atoms with E-state index < -0.39 is 11.6 Å². The van der Waals surface area contributed by atoms with Crippen molar-refractivity contribution >= 4 is 12.1 Å². The van der Waals surface area contributed by atoms with Crippen molar-refractivity contribution in [2.75, 3.05) is 13.1 Å². The second-order valence-corrected chi connectivity index (χ2v) is 6.09. The van der Waals surface area contributed by atoms with Gasteiger partial charge in [-0.2, -0.15) is 0 Å². The number of nitrogens with zero attached hydrogens (tertiary/aromatic N) is 1. The minimum absolute atomic E-state index is 0.357. The molecule has 5 heteroatoms. The summed E-state index contributed by atoms with van der Waals surface area (Å²) in [6.07, 6.45) is 1.65. The van der Waals surface area contributed by atoms with Gasteiger partial charge in [0.1, 0.15) is 11.4 Å². The molecular weight excluding hydrogens is 270 g/mol. The van der Waals surface area contributed by atoms with Crippen molar-refractivity contribution in [3.05, 3.63) is 29.8 Å². The molecule has 0 spiro atoms. The zero-order valence-corrected chi connectivity index (χ0v) is 12.7. The summed E-state index contributed by atoms with van der Waals surface area (Å²) in [5, 5.41) is 0. The standard InChI is InChI=1S/C16H21NO4/c1-16(2,3)21-14(18)12-7-6-8-13(11-12)20-15(19)17-9-4-5-10-17/h6-8,11H,4-5,9-10H2,1-3H3. The molecule has 1 aromatic rings. The van der Waals surface area contributed by atoms with Crippen LogP contribution in [0.4, 0.5) is 4.79 Å². The Kier molecular flexibility index (Phi) is 4.50. The lowest BCUT2D eigenvalue weighted by Crippen LogP contribution is -2.30. The Bertz CT molecular complexity index is 527. The van der Waals surface area contributed by atoms with Crippen LogP contribution >= 0.6 is 0 Å². The summed E-state index contributed by atoms with van der Waals surface area (Å²) >= 11 is 0. The van der Waals surface area contributed by atoms with Gasteiger partial charge in [-0.25, -0.2) is 9.59 Å². The van der Waals surface area contributed by atoms with E-state index in [4.69, 9.17) is 9.47 Å². The average Bonchev–Trinajstić information content (AvgIpc) is 2.91. The number of benzene rings is 1. The molecule has 0 radical (unpaired) electrons. The second kappa shape index (κ2) is 6.16. The molecule has 0 bridgehead atoms. The van der Waals surface area contributed by atoms with Crippen molar-refractivity contribution in [3.8, 4) is 5.75 Å². The maximum absolute atomic E-state index is 12.0. The molecule has 114 valence electrons. The fourth-order valence-corrected chi connectivity index (χ4v) is 2.09. The highest BCUT2D eigenvalue weighted by molar-refractivity contribution is 5.90. The van der Waals surface area contributed by atoms with Gasteiger partial charge in [-0.15, -0.1) is 0 Å². The number of rotatable bonds is 2. The van der Waals surface area contributed by atoms with Gasteiger partial charge in [0.15, 0.2) is 0 Å². The maximum atomic E-state index is 12.0. The number of hydrogen-bond donors (Lipinski definition) is 0. The summed E-state index contributed by atoms with van der Waals surface area (Å²) in [6, 6.07) is 6.50. The summed E-state index contributed by atoms with van der Waals surface area (Å²) in [5.74, 6) is -0.0724. The Morgan fingerprint density at radius 3 is 2.43 bits per heavy atom. The van der Waals surface area contributed by atoms with E-state index in [9.17, 15) is 9.59 Å². The van der Waals surface area contributed by atoms with Gasteiger partial charge in [-0.05, 0) is 51.8 Å². The van der Waals surface area contributed by atoms with Crippen LogP contribution in [-0.4, -0.2) is 35.7 Å². The van der Waals surface area contributed by atoms with E-state index in [1.807, 2.05) is 20.8 Å². The molecule has 0 unspecified atom stereocenters. The van der Waals surface area contributed by atoms with Crippen molar-refractivity contribution < 1.29 is 19.1 Å². The molecule has 1 aliphatic rings. The van der Waals surface area contributed by atoms with E-state index in [-0.39, 0.29) is 6.09 Å². The normalized spacial score (nSPS) is 14.9. The predicted octanol–water partition coefficient (Wildman–Crippen LogP) is 3.24. The summed E-state index contributed by atoms with van der Waals surface area (Å²) in [4.78, 5) is 25.6. The van der Waals surface area contributed by atoms with E-state index in [1.54, 1.807) is 23.1 Å². The molecule has 1 heterocycles. The number of esters is 1. The first-order chi connectivity index (χ1) is 9.85. The SMILES string of the molecule is CC(C)(C)OC(=O)c1cccc(OC(=O)N2CCCC2)c1. The zero-order valence-electron chi connectivity index (χ0n) is 12.7. The third-order valence-electron chi connectivity index (χ3n) is 3.04. The first kappa shape index (κ1) is 15.4. The van der Waals surface area contributed by atoms with Gasteiger partial charge in [0, 0.05) is 13.1 Å². The van der Waals surface area contributed by atoms with Gasteiger partial charge in [0.2, 0.25) is 0 Å². The Balaban J connectivity index is 2.03. The Morgan fingerprint density at radius 2 is 1.81 bits per heavy atom. The third-order valence-corrected chi connectivity index (χ3v) is 3.04. The summed E-state index contributed by atoms with van der Waals surface area (Å²) < 4.78 is 10.6. The Labute approximate surface area is 124 Å². The predicted molar refractivity (Wildman–Crippen MR) is 78.4 cm³/mol. The van der Waals surface area contributed by atoms with E-state index in [2.05, 4.69) is 0 Å². The minimum atomic E-state index is -0.556. The topological polar surface area (TPSA) is 55.8 Å². The van der Waals surface area contributed by atoms with Crippen LogP contribution in [0.1, 0.15) is 44.0 Å². The van der Waals surface area contributed by atoms with Crippen molar-refractivity contribution in [3.63, 3.8) is 0 Å². The third kappa shape index (κ3) is 4.48. The van der Waals surface area contributed by atoms with Crippen molar-refractivity contribution in [2.45, 2.75) is 39.2 Å². The van der Waals surface area contributed by atoms with E-state index in [0.29, 0.717) is 11.3 Å². The first-order valence-corrected chi connectivity index (χ1v) is 7.15. The number of likely N-dealkylation sites (tertiary alicyclic amines) is 1. The van der Waals surface area contributed by atoms with Crippen molar-refractivity contribution in [1.82, 2.24) is 4.90 Å². The Hall–Kier alpha value is -2.04. The lowest BCUT2D eigenvalue weighted by atomic mass is 10.1. The number of amides is 1. The largest absolute Gasteiger partial charge is 0.456 e. The summed E-state index contributed by atoms with van der Waals surface area (Å²) in [6.45, 7) is 6.88. The highest BCUT2D eigenvalue weighted by atomic mass is 16.6. The highest BCUT2D eigenvalue weighted by Crippen LogP contribution is 2.19. The first-order valence-electron chi connectivity index (χ1n) is 7.15. The Morgan fingerprint density at radius 1 is 1.14 bits per heavy atom. The number of carbonyl (C=O) groups excluding carboxylic acids is 2. The summed E-state index contributed by atoms with van der Waals surface area (Å²) in [5.41, 5.74) is -0.184. The fraction of sp³-hybridized carbons (Fsp3) is 0.500. The molecule has 0 aromatic heterocycles. The quantitative estimate of drug-likeness (QED) is 0.785. The molecule has 1 aromatic carbocycles. The van der Waals surface area contributed by atoms with Gasteiger partial charge >= 0.3 is 12.1 Å². The molecule has 1 saturated heterocycles. The molecule has 1 amide bonds.